The van der Waals surface area contributed by atoms with E-state index in [1.165, 1.54) is 9.80 Å². The van der Waals surface area contributed by atoms with Crippen molar-refractivity contribution in [1.82, 2.24) is 20.4 Å². The third kappa shape index (κ3) is 7.35. The second-order valence-electron chi connectivity index (χ2n) is 11.2. The lowest BCUT2D eigenvalue weighted by Crippen LogP contribution is -2.59. The highest BCUT2D eigenvalue weighted by Crippen LogP contribution is 2.23. The summed E-state index contributed by atoms with van der Waals surface area (Å²) in [7, 11) is 0. The van der Waals surface area contributed by atoms with E-state index in [1.54, 1.807) is 41.5 Å². The Kier molecular flexibility index (Phi) is 8.15. The zero-order valence-electron chi connectivity index (χ0n) is 22.1. The van der Waals surface area contributed by atoms with E-state index in [0.717, 1.165) is 11.1 Å². The Morgan fingerprint density at radius 1 is 0.778 bits per heavy atom. The van der Waals surface area contributed by atoms with Crippen LogP contribution in [0.1, 0.15) is 65.5 Å². The van der Waals surface area contributed by atoms with E-state index in [2.05, 4.69) is 10.6 Å². The Bertz CT molecular complexity index is 922. The van der Waals surface area contributed by atoms with E-state index >= 15 is 0 Å². The third-order valence-corrected chi connectivity index (χ3v) is 5.80. The van der Waals surface area contributed by atoms with Gasteiger partial charge in [-0.05, 0) is 65.5 Å². The molecule has 10 heteroatoms. The van der Waals surface area contributed by atoms with E-state index in [-0.39, 0.29) is 25.2 Å². The van der Waals surface area contributed by atoms with E-state index in [0.29, 0.717) is 25.9 Å². The van der Waals surface area contributed by atoms with Crippen LogP contribution in [0.15, 0.2) is 24.3 Å². The maximum Gasteiger partial charge on any atom is 0.329 e. The van der Waals surface area contributed by atoms with Gasteiger partial charge in [-0.15, -0.1) is 0 Å². The van der Waals surface area contributed by atoms with Gasteiger partial charge in [0.15, 0.2) is 0 Å². The van der Waals surface area contributed by atoms with Crippen LogP contribution in [0.2, 0.25) is 0 Å². The number of esters is 2. The second-order valence-corrected chi connectivity index (χ2v) is 11.2. The van der Waals surface area contributed by atoms with Gasteiger partial charge in [-0.25, -0.2) is 19.2 Å². The van der Waals surface area contributed by atoms with Crippen molar-refractivity contribution in [3.63, 3.8) is 0 Å². The van der Waals surface area contributed by atoms with Crippen LogP contribution in [0.3, 0.4) is 0 Å². The van der Waals surface area contributed by atoms with Crippen molar-refractivity contribution in [3.05, 3.63) is 35.4 Å². The molecular weight excluding hydrogens is 464 g/mol. The molecule has 1 aromatic rings. The van der Waals surface area contributed by atoms with Crippen LogP contribution in [0.5, 0.6) is 0 Å². The average molecular weight is 503 g/mol. The molecule has 2 fully saturated rings. The number of hydrogen-bond acceptors (Lipinski definition) is 6. The molecule has 198 valence electrons. The number of nitrogens with zero attached hydrogens (tertiary/aromatic N) is 2. The van der Waals surface area contributed by atoms with Crippen LogP contribution in [-0.4, -0.2) is 70.2 Å². The van der Waals surface area contributed by atoms with Gasteiger partial charge in [0.05, 0.1) is 0 Å². The Hall–Kier alpha value is -3.30. The Morgan fingerprint density at radius 2 is 1.17 bits per heavy atom. The molecule has 2 N–H and O–H groups in total. The molecule has 2 heterocycles. The number of hydrogen-bond donors (Lipinski definition) is 2. The number of ether oxygens (including phenoxy) is 2. The Balaban J connectivity index is 1.46. The van der Waals surface area contributed by atoms with Crippen molar-refractivity contribution < 1.29 is 28.7 Å². The molecule has 2 aliphatic rings. The quantitative estimate of drug-likeness (QED) is 0.578. The van der Waals surface area contributed by atoms with Crippen LogP contribution in [-0.2, 0) is 32.2 Å². The minimum atomic E-state index is -0.600. The molecule has 10 nitrogen and oxygen atoms in total. The standard InChI is InChI=1S/C26H38N4O6/c1-25(2,3)35-21(31)19-10-12-29(19)23(33)27-15-17-8-7-9-18(14-17)16-28-24(34)30-13-11-20(30)22(32)36-26(4,5)6/h7-9,14,19-20H,10-13,15-16H2,1-6H3,(H,27,33)(H,28,34). The summed E-state index contributed by atoms with van der Waals surface area (Å²) in [5, 5.41) is 5.69. The molecule has 1 aromatic carbocycles. The normalized spacial score (nSPS) is 19.5. The van der Waals surface area contributed by atoms with Gasteiger partial charge in [-0.2, -0.15) is 0 Å². The maximum absolute atomic E-state index is 12.6. The lowest BCUT2D eigenvalue weighted by atomic mass is 10.0. The fourth-order valence-electron chi connectivity index (χ4n) is 3.90. The van der Waals surface area contributed by atoms with Crippen molar-refractivity contribution >= 4 is 24.0 Å². The molecule has 2 atom stereocenters. The minimum absolute atomic E-state index is 0.283. The molecule has 0 saturated carbocycles. The van der Waals surface area contributed by atoms with Crippen molar-refractivity contribution in [2.45, 2.75) is 90.8 Å². The van der Waals surface area contributed by atoms with E-state index in [4.69, 9.17) is 9.47 Å². The number of amides is 4. The summed E-state index contributed by atoms with van der Waals surface area (Å²) in [5.74, 6) is -0.782. The molecule has 0 bridgehead atoms. The summed E-state index contributed by atoms with van der Waals surface area (Å²) in [5.41, 5.74) is 0.522. The van der Waals surface area contributed by atoms with Crippen LogP contribution in [0.25, 0.3) is 0 Å². The smallest absolute Gasteiger partial charge is 0.329 e. The highest BCUT2D eigenvalue weighted by molar-refractivity contribution is 5.86. The molecule has 0 radical (unpaired) electrons. The van der Waals surface area contributed by atoms with Crippen LogP contribution < -0.4 is 10.6 Å². The van der Waals surface area contributed by atoms with Crippen molar-refractivity contribution in [1.29, 1.82) is 0 Å². The summed E-state index contributed by atoms with van der Waals surface area (Å²) < 4.78 is 10.8. The fourth-order valence-corrected chi connectivity index (χ4v) is 3.90. The molecular formula is C26H38N4O6. The molecule has 0 aliphatic carbocycles. The van der Waals surface area contributed by atoms with Gasteiger partial charge in [-0.1, -0.05) is 24.3 Å². The zero-order chi connectivity index (χ0) is 26.7. The van der Waals surface area contributed by atoms with Crippen molar-refractivity contribution in [2.24, 2.45) is 0 Å². The molecule has 3 rings (SSSR count). The number of likely N-dealkylation sites (tertiary alicyclic amines) is 2. The molecule has 0 aromatic heterocycles. The maximum atomic E-state index is 12.6. The highest BCUT2D eigenvalue weighted by Gasteiger charge is 2.41. The number of rotatable bonds is 6. The SMILES string of the molecule is CC(C)(C)OC(=O)C1CCN1C(=O)NCc1cccc(CNC(=O)N2CCC2C(=O)OC(C)(C)C)c1. The van der Waals surface area contributed by atoms with Gasteiger partial charge in [0, 0.05) is 26.2 Å². The first-order valence-corrected chi connectivity index (χ1v) is 12.4. The lowest BCUT2D eigenvalue weighted by molar-refractivity contribution is -0.165. The van der Waals surface area contributed by atoms with Crippen LogP contribution in [0, 0.1) is 0 Å². The number of urea groups is 2. The first-order chi connectivity index (χ1) is 16.7. The summed E-state index contributed by atoms with van der Waals surface area (Å²) in [6.45, 7) is 12.4. The lowest BCUT2D eigenvalue weighted by Gasteiger charge is -2.40. The molecule has 4 amide bonds. The van der Waals surface area contributed by atoms with Gasteiger partial charge < -0.3 is 29.9 Å². The number of nitrogens with one attached hydrogen (secondary N) is 2. The summed E-state index contributed by atoms with van der Waals surface area (Å²) >= 11 is 0. The summed E-state index contributed by atoms with van der Waals surface area (Å²) in [4.78, 5) is 52.7. The van der Waals surface area contributed by atoms with Gasteiger partial charge in [-0.3, -0.25) is 0 Å². The fraction of sp³-hybridized carbons (Fsp3) is 0.615. The van der Waals surface area contributed by atoms with Crippen LogP contribution >= 0.6 is 0 Å². The molecule has 36 heavy (non-hydrogen) atoms. The first-order valence-electron chi connectivity index (χ1n) is 12.4. The van der Waals surface area contributed by atoms with Crippen LogP contribution in [0.4, 0.5) is 9.59 Å². The largest absolute Gasteiger partial charge is 0.458 e. The predicted molar refractivity (Wildman–Crippen MR) is 133 cm³/mol. The Morgan fingerprint density at radius 3 is 1.47 bits per heavy atom. The number of benzene rings is 1. The van der Waals surface area contributed by atoms with Gasteiger partial charge in [0.25, 0.3) is 0 Å². The van der Waals surface area contributed by atoms with E-state index in [1.807, 2.05) is 24.3 Å². The van der Waals surface area contributed by atoms with E-state index < -0.39 is 35.2 Å². The Labute approximate surface area is 212 Å². The average Bonchev–Trinajstić information content (AvgIpc) is 2.66. The first kappa shape index (κ1) is 27.3. The van der Waals surface area contributed by atoms with Gasteiger partial charge in [0.2, 0.25) is 0 Å². The second kappa shape index (κ2) is 10.8. The molecule has 2 unspecified atom stereocenters. The summed E-state index contributed by atoms with van der Waals surface area (Å²) in [6, 6.07) is 5.74. The van der Waals surface area contributed by atoms with Gasteiger partial charge >= 0.3 is 24.0 Å². The highest BCUT2D eigenvalue weighted by atomic mass is 16.6. The third-order valence-electron chi connectivity index (χ3n) is 5.80. The molecule has 0 spiro atoms. The minimum Gasteiger partial charge on any atom is -0.458 e. The van der Waals surface area contributed by atoms with E-state index in [9.17, 15) is 19.2 Å². The molecule has 2 aliphatic heterocycles. The number of carbonyl (C=O) groups is 4. The predicted octanol–water partition coefficient (Wildman–Crippen LogP) is 2.94. The van der Waals surface area contributed by atoms with Crippen molar-refractivity contribution in [3.8, 4) is 0 Å². The van der Waals surface area contributed by atoms with Crippen molar-refractivity contribution in [2.75, 3.05) is 13.1 Å². The zero-order valence-corrected chi connectivity index (χ0v) is 22.1. The molecule has 2 saturated heterocycles. The summed E-state index contributed by atoms with van der Waals surface area (Å²) in [6.07, 6.45) is 1.17. The number of carbonyl (C=O) groups excluding carboxylic acids is 4. The topological polar surface area (TPSA) is 117 Å². The van der Waals surface area contributed by atoms with Gasteiger partial charge in [0.1, 0.15) is 23.3 Å². The monoisotopic (exact) mass is 502 g/mol.